The molecular weight excluding hydrogens is 440 g/mol. The number of amides is 2. The number of benzene rings is 2. The number of hydrogen-bond donors (Lipinski definition) is 1. The predicted octanol–water partition coefficient (Wildman–Crippen LogP) is 3.78. The Morgan fingerprint density at radius 1 is 1.18 bits per heavy atom. The van der Waals surface area contributed by atoms with E-state index in [1.54, 1.807) is 36.9 Å². The van der Waals surface area contributed by atoms with Crippen LogP contribution in [-0.4, -0.2) is 60.9 Å². The molecule has 8 heteroatoms. The quantitative estimate of drug-likeness (QED) is 0.625. The topological polar surface area (TPSA) is 61.9 Å². The Bertz CT molecular complexity index is 1070. The van der Waals surface area contributed by atoms with Gasteiger partial charge in [0.05, 0.1) is 5.56 Å². The number of ether oxygens (including phenoxy) is 1. The average molecular weight is 472 g/mol. The monoisotopic (exact) mass is 471 g/mol. The van der Waals surface area contributed by atoms with Crippen LogP contribution in [0.25, 0.3) is 0 Å². The van der Waals surface area contributed by atoms with Crippen molar-refractivity contribution in [3.63, 3.8) is 0 Å². The average Bonchev–Trinajstić information content (AvgIpc) is 2.79. The molecule has 2 atom stereocenters. The number of nitrogens with zero attached hydrogens (tertiary/aromatic N) is 2. The van der Waals surface area contributed by atoms with E-state index in [4.69, 9.17) is 4.74 Å². The zero-order valence-electron chi connectivity index (χ0n) is 20.0. The molecule has 0 radical (unpaired) electrons. The second kappa shape index (κ2) is 10.8. The Balaban J connectivity index is 1.87. The van der Waals surface area contributed by atoms with E-state index >= 15 is 0 Å². The smallest absolute Gasteiger partial charge is 0.254 e. The molecule has 1 fully saturated rings. The lowest BCUT2D eigenvalue weighted by atomic mass is 10.0. The summed E-state index contributed by atoms with van der Waals surface area (Å²) in [5, 5.41) is 2.43. The molecule has 6 nitrogen and oxygen atoms in total. The Labute approximate surface area is 199 Å². The maximum Gasteiger partial charge on any atom is 0.254 e. The summed E-state index contributed by atoms with van der Waals surface area (Å²) in [7, 11) is 1.44. The van der Waals surface area contributed by atoms with Gasteiger partial charge in [-0.3, -0.25) is 14.5 Å². The fraction of sp³-hybridized carbons (Fsp3) is 0.385. The highest BCUT2D eigenvalue weighted by Crippen LogP contribution is 2.28. The molecule has 2 aromatic rings. The Kier molecular flexibility index (Phi) is 8.04. The maximum absolute atomic E-state index is 14.7. The number of carbonyl (C=O) groups is 2. The van der Waals surface area contributed by atoms with Gasteiger partial charge in [0.25, 0.3) is 5.91 Å². The van der Waals surface area contributed by atoms with Gasteiger partial charge in [-0.25, -0.2) is 8.78 Å². The molecule has 1 heterocycles. The Morgan fingerprint density at radius 2 is 1.91 bits per heavy atom. The molecule has 1 unspecified atom stereocenters. The van der Waals surface area contributed by atoms with Crippen LogP contribution in [0.15, 0.2) is 43.0 Å². The van der Waals surface area contributed by atoms with Gasteiger partial charge in [0.15, 0.2) is 0 Å². The highest BCUT2D eigenvalue weighted by atomic mass is 19.1. The lowest BCUT2D eigenvalue weighted by molar-refractivity contribution is -0.130. The molecule has 1 aliphatic heterocycles. The van der Waals surface area contributed by atoms with Crippen molar-refractivity contribution in [1.29, 1.82) is 0 Å². The largest absolute Gasteiger partial charge is 0.484 e. The minimum atomic E-state index is -0.687. The molecule has 1 saturated heterocycles. The van der Waals surface area contributed by atoms with Crippen LogP contribution in [0.3, 0.4) is 0 Å². The first-order valence-electron chi connectivity index (χ1n) is 11.2. The molecule has 1 N–H and O–H groups in total. The number of aryl methyl sites for hydroxylation is 2. The molecular formula is C26H31F2N3O3. The molecule has 0 aromatic heterocycles. The molecule has 182 valence electrons. The molecule has 0 spiro atoms. The van der Waals surface area contributed by atoms with Gasteiger partial charge in [-0.1, -0.05) is 18.7 Å². The number of halogens is 2. The minimum absolute atomic E-state index is 0.0267. The summed E-state index contributed by atoms with van der Waals surface area (Å²) in [6, 6.07) is 7.67. The van der Waals surface area contributed by atoms with E-state index in [2.05, 4.69) is 16.8 Å². The third kappa shape index (κ3) is 5.62. The van der Waals surface area contributed by atoms with Crippen molar-refractivity contribution in [2.75, 3.05) is 33.2 Å². The third-order valence-corrected chi connectivity index (χ3v) is 6.15. The van der Waals surface area contributed by atoms with Gasteiger partial charge in [0.1, 0.15) is 23.5 Å². The van der Waals surface area contributed by atoms with Crippen molar-refractivity contribution in [2.24, 2.45) is 0 Å². The van der Waals surface area contributed by atoms with Crippen LogP contribution in [0, 0.1) is 25.5 Å². The van der Waals surface area contributed by atoms with Crippen LogP contribution in [0.1, 0.15) is 40.1 Å². The summed E-state index contributed by atoms with van der Waals surface area (Å²) in [5.41, 5.74) is 1.54. The highest BCUT2D eigenvalue weighted by molar-refractivity contribution is 5.95. The van der Waals surface area contributed by atoms with Gasteiger partial charge >= 0.3 is 0 Å². The highest BCUT2D eigenvalue weighted by Gasteiger charge is 2.29. The van der Waals surface area contributed by atoms with E-state index in [9.17, 15) is 18.4 Å². The van der Waals surface area contributed by atoms with E-state index < -0.39 is 17.8 Å². The van der Waals surface area contributed by atoms with Gasteiger partial charge in [-0.15, -0.1) is 0 Å². The number of nitrogens with one attached hydrogen (secondary N) is 1. The van der Waals surface area contributed by atoms with Crippen molar-refractivity contribution < 1.29 is 23.1 Å². The predicted molar refractivity (Wildman–Crippen MR) is 127 cm³/mol. The lowest BCUT2D eigenvalue weighted by Gasteiger charge is -2.40. The number of rotatable bonds is 7. The van der Waals surface area contributed by atoms with E-state index in [0.717, 1.165) is 0 Å². The maximum atomic E-state index is 14.7. The van der Waals surface area contributed by atoms with Crippen LogP contribution >= 0.6 is 0 Å². The fourth-order valence-electron chi connectivity index (χ4n) is 4.26. The molecule has 0 bridgehead atoms. The first kappa shape index (κ1) is 25.4. The molecule has 34 heavy (non-hydrogen) atoms. The molecule has 2 amide bonds. The molecule has 1 aliphatic rings. The first-order chi connectivity index (χ1) is 16.1. The van der Waals surface area contributed by atoms with Crippen molar-refractivity contribution in [3.05, 3.63) is 76.9 Å². The van der Waals surface area contributed by atoms with E-state index in [1.807, 2.05) is 6.92 Å². The fourth-order valence-corrected chi connectivity index (χ4v) is 4.26. The Hall–Kier alpha value is -3.26. The summed E-state index contributed by atoms with van der Waals surface area (Å²) in [5.74, 6) is -1.41. The number of hydrogen-bond acceptors (Lipinski definition) is 4. The normalized spacial score (nSPS) is 17.2. The van der Waals surface area contributed by atoms with E-state index in [-0.39, 0.29) is 29.1 Å². The lowest BCUT2D eigenvalue weighted by Crippen LogP contribution is -2.54. The van der Waals surface area contributed by atoms with Crippen molar-refractivity contribution in [3.8, 4) is 5.75 Å². The van der Waals surface area contributed by atoms with Crippen LogP contribution < -0.4 is 10.1 Å². The molecule has 2 aromatic carbocycles. The van der Waals surface area contributed by atoms with Gasteiger partial charge in [-0.2, -0.15) is 0 Å². The van der Waals surface area contributed by atoms with Crippen LogP contribution in [0.2, 0.25) is 0 Å². The summed E-state index contributed by atoms with van der Waals surface area (Å²) in [4.78, 5) is 28.0. The first-order valence-corrected chi connectivity index (χ1v) is 11.2. The van der Waals surface area contributed by atoms with Gasteiger partial charge in [0, 0.05) is 45.3 Å². The SMILES string of the molecule is C=CC(=O)N1CCN(CC(Oc2cc(C)c(C(=O)NC)c(F)c2)c2ccc(C)c(F)c2)C[C@H]1C. The van der Waals surface area contributed by atoms with E-state index in [1.165, 1.54) is 25.3 Å². The third-order valence-electron chi connectivity index (χ3n) is 6.15. The van der Waals surface area contributed by atoms with Crippen LogP contribution in [0.4, 0.5) is 8.78 Å². The molecule has 0 saturated carbocycles. The van der Waals surface area contributed by atoms with Crippen molar-refractivity contribution >= 4 is 11.8 Å². The van der Waals surface area contributed by atoms with Gasteiger partial charge < -0.3 is 15.0 Å². The zero-order valence-corrected chi connectivity index (χ0v) is 20.0. The standard InChI is InChI=1S/C26H31F2N3O3/c1-6-24(32)31-10-9-30(14-18(31)4)15-23(19-8-7-16(2)21(27)12-19)34-20-11-17(3)25(22(28)13-20)26(33)29-5/h6-8,11-13,18,23H,1,9-10,14-15H2,2-5H3,(H,29,33)/t18-,23?/m1/s1. The second-order valence-corrected chi connectivity index (χ2v) is 8.64. The number of carbonyl (C=O) groups excluding carboxylic acids is 2. The Morgan fingerprint density at radius 3 is 2.50 bits per heavy atom. The summed E-state index contributed by atoms with van der Waals surface area (Å²) in [6.07, 6.45) is 0.723. The second-order valence-electron chi connectivity index (χ2n) is 8.64. The minimum Gasteiger partial charge on any atom is -0.484 e. The summed E-state index contributed by atoms with van der Waals surface area (Å²) >= 11 is 0. The van der Waals surface area contributed by atoms with Crippen LogP contribution in [-0.2, 0) is 4.79 Å². The van der Waals surface area contributed by atoms with Crippen LogP contribution in [0.5, 0.6) is 5.75 Å². The van der Waals surface area contributed by atoms with Gasteiger partial charge in [0.2, 0.25) is 5.91 Å². The number of piperazine rings is 1. The van der Waals surface area contributed by atoms with Gasteiger partial charge in [-0.05, 0) is 55.7 Å². The zero-order chi connectivity index (χ0) is 25.0. The van der Waals surface area contributed by atoms with Crippen molar-refractivity contribution in [1.82, 2.24) is 15.1 Å². The summed E-state index contributed by atoms with van der Waals surface area (Å²) < 4.78 is 35.3. The summed E-state index contributed by atoms with van der Waals surface area (Å²) in [6.45, 7) is 11.0. The van der Waals surface area contributed by atoms with E-state index in [0.29, 0.717) is 42.9 Å². The molecule has 3 rings (SSSR count). The van der Waals surface area contributed by atoms with Crippen molar-refractivity contribution in [2.45, 2.75) is 32.9 Å². The molecule has 0 aliphatic carbocycles.